The molecule has 1 atom stereocenters. The zero-order valence-electron chi connectivity index (χ0n) is 10.9. The molecule has 1 unspecified atom stereocenters. The molecule has 1 aromatic carbocycles. The molecular formula is C13H17NO4S. The molecule has 5 nitrogen and oxygen atoms in total. The molecule has 0 spiro atoms. The average Bonchev–Trinajstić information content (AvgIpc) is 2.34. The zero-order chi connectivity index (χ0) is 14.4. The molecule has 0 heterocycles. The Kier molecular flexibility index (Phi) is 5.82. The van der Waals surface area contributed by atoms with E-state index in [1.165, 1.54) is 23.9 Å². The van der Waals surface area contributed by atoms with Crippen molar-refractivity contribution in [1.82, 2.24) is 0 Å². The van der Waals surface area contributed by atoms with Crippen molar-refractivity contribution in [3.63, 3.8) is 0 Å². The number of nitro benzene ring substituents is 1. The van der Waals surface area contributed by atoms with Gasteiger partial charge in [-0.15, -0.1) is 11.8 Å². The van der Waals surface area contributed by atoms with Gasteiger partial charge in [0, 0.05) is 12.1 Å². The van der Waals surface area contributed by atoms with Crippen LogP contribution in [0.4, 0.5) is 5.69 Å². The van der Waals surface area contributed by atoms with Crippen LogP contribution in [0, 0.1) is 16.0 Å². The summed E-state index contributed by atoms with van der Waals surface area (Å²) < 4.78 is 0. The summed E-state index contributed by atoms with van der Waals surface area (Å²) in [5, 5.41) is 19.1. The fourth-order valence-corrected chi connectivity index (χ4v) is 2.77. The van der Waals surface area contributed by atoms with Crippen LogP contribution in [0.2, 0.25) is 0 Å². The predicted octanol–water partition coefficient (Wildman–Crippen LogP) is 2.98. The maximum absolute atomic E-state index is 11.0. The van der Waals surface area contributed by atoms with Crippen molar-refractivity contribution in [2.75, 3.05) is 5.75 Å². The van der Waals surface area contributed by atoms with Gasteiger partial charge in [-0.3, -0.25) is 14.9 Å². The summed E-state index contributed by atoms with van der Waals surface area (Å²) in [5.41, 5.74) is 1.05. The van der Waals surface area contributed by atoms with Crippen LogP contribution in [0.25, 0.3) is 0 Å². The van der Waals surface area contributed by atoms with Crippen molar-refractivity contribution < 1.29 is 14.8 Å². The Labute approximate surface area is 116 Å². The molecule has 1 N–H and O–H groups in total. The molecule has 0 radical (unpaired) electrons. The molecule has 1 rings (SSSR count). The molecule has 0 saturated carbocycles. The smallest absolute Gasteiger partial charge is 0.316 e. The van der Waals surface area contributed by atoms with E-state index in [1.54, 1.807) is 12.1 Å². The molecule has 0 saturated heterocycles. The second-order valence-electron chi connectivity index (χ2n) is 4.55. The van der Waals surface area contributed by atoms with E-state index in [4.69, 9.17) is 5.11 Å². The standard InChI is InChI=1S/C13H17NO4S/c1-9(2)12(13(15)16)19-8-7-10-3-5-11(6-4-10)14(17)18/h3-6,9,12H,7-8H2,1-2H3,(H,15,16). The van der Waals surface area contributed by atoms with E-state index in [0.717, 1.165) is 5.56 Å². The van der Waals surface area contributed by atoms with Crippen LogP contribution in [-0.4, -0.2) is 27.0 Å². The highest BCUT2D eigenvalue weighted by Gasteiger charge is 2.21. The van der Waals surface area contributed by atoms with Crippen LogP contribution < -0.4 is 0 Å². The molecule has 0 amide bonds. The highest BCUT2D eigenvalue weighted by atomic mass is 32.2. The molecule has 0 aliphatic rings. The molecule has 0 aromatic heterocycles. The third-order valence-corrected chi connectivity index (χ3v) is 4.23. The Balaban J connectivity index is 2.48. The van der Waals surface area contributed by atoms with Crippen LogP contribution in [0.5, 0.6) is 0 Å². The van der Waals surface area contributed by atoms with Crippen molar-refractivity contribution in [2.45, 2.75) is 25.5 Å². The molecule has 19 heavy (non-hydrogen) atoms. The van der Waals surface area contributed by atoms with Crippen LogP contribution in [-0.2, 0) is 11.2 Å². The number of thioether (sulfide) groups is 1. The lowest BCUT2D eigenvalue weighted by Gasteiger charge is -2.15. The fraction of sp³-hybridized carbons (Fsp3) is 0.462. The number of aliphatic carboxylic acids is 1. The van der Waals surface area contributed by atoms with E-state index in [2.05, 4.69) is 0 Å². The third-order valence-electron chi connectivity index (χ3n) is 2.68. The summed E-state index contributed by atoms with van der Waals surface area (Å²) in [7, 11) is 0. The van der Waals surface area contributed by atoms with Gasteiger partial charge in [-0.2, -0.15) is 0 Å². The first-order chi connectivity index (χ1) is 8.91. The average molecular weight is 283 g/mol. The number of hydrogen-bond acceptors (Lipinski definition) is 4. The lowest BCUT2D eigenvalue weighted by Crippen LogP contribution is -2.23. The number of nitro groups is 1. The van der Waals surface area contributed by atoms with Gasteiger partial charge < -0.3 is 5.11 Å². The molecule has 1 aromatic rings. The van der Waals surface area contributed by atoms with Gasteiger partial charge in [0.1, 0.15) is 5.25 Å². The number of rotatable bonds is 7. The molecular weight excluding hydrogens is 266 g/mol. The number of aryl methyl sites for hydroxylation is 1. The monoisotopic (exact) mass is 283 g/mol. The number of carboxylic acid groups (broad SMARTS) is 1. The minimum atomic E-state index is -0.788. The SMILES string of the molecule is CC(C)C(SCCc1ccc([N+](=O)[O-])cc1)C(=O)O. The summed E-state index contributed by atoms with van der Waals surface area (Å²) in [6, 6.07) is 6.36. The molecule has 104 valence electrons. The number of carboxylic acids is 1. The van der Waals surface area contributed by atoms with E-state index in [0.29, 0.717) is 12.2 Å². The van der Waals surface area contributed by atoms with Crippen molar-refractivity contribution >= 4 is 23.4 Å². The minimum Gasteiger partial charge on any atom is -0.480 e. The quantitative estimate of drug-likeness (QED) is 0.614. The zero-order valence-corrected chi connectivity index (χ0v) is 11.7. The second kappa shape index (κ2) is 7.13. The van der Waals surface area contributed by atoms with E-state index in [-0.39, 0.29) is 11.6 Å². The van der Waals surface area contributed by atoms with Crippen LogP contribution >= 0.6 is 11.8 Å². The summed E-state index contributed by atoms with van der Waals surface area (Å²) >= 11 is 1.41. The fourth-order valence-electron chi connectivity index (χ4n) is 1.64. The van der Waals surface area contributed by atoms with Crippen molar-refractivity contribution in [2.24, 2.45) is 5.92 Å². The first-order valence-electron chi connectivity index (χ1n) is 5.99. The van der Waals surface area contributed by atoms with Gasteiger partial charge >= 0.3 is 5.97 Å². The van der Waals surface area contributed by atoms with Gasteiger partial charge in [-0.05, 0) is 23.7 Å². The number of benzene rings is 1. The molecule has 0 aliphatic heterocycles. The Bertz CT molecular complexity index is 444. The van der Waals surface area contributed by atoms with E-state index in [1.807, 2.05) is 13.8 Å². The maximum atomic E-state index is 11.0. The lowest BCUT2D eigenvalue weighted by molar-refractivity contribution is -0.384. The predicted molar refractivity (Wildman–Crippen MR) is 75.5 cm³/mol. The Morgan fingerprint density at radius 2 is 1.95 bits per heavy atom. The normalized spacial score (nSPS) is 12.4. The lowest BCUT2D eigenvalue weighted by atomic mass is 10.1. The molecule has 0 aliphatic carbocycles. The number of non-ortho nitro benzene ring substituents is 1. The number of hydrogen-bond donors (Lipinski definition) is 1. The first kappa shape index (κ1) is 15.5. The van der Waals surface area contributed by atoms with Gasteiger partial charge in [-0.1, -0.05) is 26.0 Å². The van der Waals surface area contributed by atoms with E-state index >= 15 is 0 Å². The minimum absolute atomic E-state index is 0.0713. The topological polar surface area (TPSA) is 80.4 Å². The summed E-state index contributed by atoms with van der Waals surface area (Å²) in [5.74, 6) is -0.0180. The maximum Gasteiger partial charge on any atom is 0.316 e. The van der Waals surface area contributed by atoms with Crippen LogP contribution in [0.15, 0.2) is 24.3 Å². The van der Waals surface area contributed by atoms with Gasteiger partial charge in [-0.25, -0.2) is 0 Å². The second-order valence-corrected chi connectivity index (χ2v) is 5.80. The largest absolute Gasteiger partial charge is 0.480 e. The van der Waals surface area contributed by atoms with E-state index < -0.39 is 16.1 Å². The number of nitrogens with zero attached hydrogens (tertiary/aromatic N) is 1. The summed E-state index contributed by atoms with van der Waals surface area (Å²) in [6.07, 6.45) is 0.708. The van der Waals surface area contributed by atoms with Crippen molar-refractivity contribution in [1.29, 1.82) is 0 Å². The Hall–Kier alpha value is -1.56. The Morgan fingerprint density at radius 3 is 2.37 bits per heavy atom. The third kappa shape index (κ3) is 4.90. The highest BCUT2D eigenvalue weighted by molar-refractivity contribution is 8.00. The first-order valence-corrected chi connectivity index (χ1v) is 7.04. The number of carbonyl (C=O) groups is 1. The van der Waals surface area contributed by atoms with Crippen molar-refractivity contribution in [3.8, 4) is 0 Å². The van der Waals surface area contributed by atoms with Gasteiger partial charge in [0.25, 0.3) is 5.69 Å². The molecule has 6 heteroatoms. The van der Waals surface area contributed by atoms with Crippen LogP contribution in [0.1, 0.15) is 19.4 Å². The van der Waals surface area contributed by atoms with E-state index in [9.17, 15) is 14.9 Å². The summed E-state index contributed by atoms with van der Waals surface area (Å²) in [4.78, 5) is 21.1. The summed E-state index contributed by atoms with van der Waals surface area (Å²) in [6.45, 7) is 3.77. The molecule has 0 fully saturated rings. The molecule has 0 bridgehead atoms. The van der Waals surface area contributed by atoms with Crippen molar-refractivity contribution in [3.05, 3.63) is 39.9 Å². The van der Waals surface area contributed by atoms with Gasteiger partial charge in [0.15, 0.2) is 0 Å². The van der Waals surface area contributed by atoms with Gasteiger partial charge in [0.05, 0.1) is 4.92 Å². The van der Waals surface area contributed by atoms with Gasteiger partial charge in [0.2, 0.25) is 0 Å². The highest BCUT2D eigenvalue weighted by Crippen LogP contribution is 2.21. The van der Waals surface area contributed by atoms with Crippen LogP contribution in [0.3, 0.4) is 0 Å². The Morgan fingerprint density at radius 1 is 1.37 bits per heavy atom.